The Labute approximate surface area is 126 Å². The van der Waals surface area contributed by atoms with E-state index in [0.29, 0.717) is 12.3 Å². The summed E-state index contributed by atoms with van der Waals surface area (Å²) in [6.07, 6.45) is 10.3. The predicted octanol–water partition coefficient (Wildman–Crippen LogP) is 4.02. The first-order valence-corrected chi connectivity index (χ1v) is 8.69. The van der Waals surface area contributed by atoms with Gasteiger partial charge in [-0.15, -0.1) is 11.8 Å². The highest BCUT2D eigenvalue weighted by Gasteiger charge is 2.29. The fraction of sp³-hybridized carbons (Fsp3) is 0.625. The molecule has 1 fully saturated rings. The van der Waals surface area contributed by atoms with Crippen LogP contribution in [-0.2, 0) is 4.79 Å². The SMILES string of the molecule is CCCCCCCC(=O)N1CCSC1c1ccncc1. The maximum atomic E-state index is 12.4. The minimum Gasteiger partial charge on any atom is -0.326 e. The summed E-state index contributed by atoms with van der Waals surface area (Å²) >= 11 is 1.86. The summed E-state index contributed by atoms with van der Waals surface area (Å²) in [5, 5.41) is 0.196. The molecule has 4 heteroatoms. The van der Waals surface area contributed by atoms with Crippen LogP contribution in [0.5, 0.6) is 0 Å². The Kier molecular flexibility index (Phi) is 6.37. The van der Waals surface area contributed by atoms with Crippen molar-refractivity contribution in [2.45, 2.75) is 50.8 Å². The molecule has 110 valence electrons. The van der Waals surface area contributed by atoms with Crippen molar-refractivity contribution in [3.63, 3.8) is 0 Å². The molecule has 1 amide bonds. The summed E-state index contributed by atoms with van der Waals surface area (Å²) in [4.78, 5) is 18.5. The number of carbonyl (C=O) groups excluding carboxylic acids is 1. The Morgan fingerprint density at radius 1 is 1.30 bits per heavy atom. The number of unbranched alkanes of at least 4 members (excludes halogenated alkanes) is 4. The van der Waals surface area contributed by atoms with Crippen molar-refractivity contribution in [1.82, 2.24) is 9.88 Å². The lowest BCUT2D eigenvalue weighted by Crippen LogP contribution is -2.30. The Morgan fingerprint density at radius 2 is 2.05 bits per heavy atom. The molecule has 1 unspecified atom stereocenters. The molecule has 1 aromatic heterocycles. The monoisotopic (exact) mass is 292 g/mol. The number of hydrogen-bond acceptors (Lipinski definition) is 3. The smallest absolute Gasteiger partial charge is 0.223 e. The van der Waals surface area contributed by atoms with Gasteiger partial charge in [-0.05, 0) is 24.1 Å². The first-order valence-electron chi connectivity index (χ1n) is 7.64. The molecule has 0 spiro atoms. The highest BCUT2D eigenvalue weighted by atomic mass is 32.2. The average molecular weight is 292 g/mol. The topological polar surface area (TPSA) is 33.2 Å². The van der Waals surface area contributed by atoms with E-state index in [1.807, 2.05) is 41.2 Å². The molecule has 1 aliphatic heterocycles. The summed E-state index contributed by atoms with van der Waals surface area (Å²) < 4.78 is 0. The highest BCUT2D eigenvalue weighted by Crippen LogP contribution is 2.38. The van der Waals surface area contributed by atoms with Crippen molar-refractivity contribution in [3.8, 4) is 0 Å². The molecule has 1 atom stereocenters. The second-order valence-electron chi connectivity index (χ2n) is 5.26. The zero-order valence-corrected chi connectivity index (χ0v) is 13.1. The molecule has 0 aliphatic carbocycles. The number of carbonyl (C=O) groups is 1. The van der Waals surface area contributed by atoms with E-state index >= 15 is 0 Å². The molecule has 0 radical (unpaired) electrons. The van der Waals surface area contributed by atoms with Gasteiger partial charge in [0.05, 0.1) is 0 Å². The number of hydrogen-bond donors (Lipinski definition) is 0. The molecule has 2 heterocycles. The normalized spacial score (nSPS) is 18.4. The van der Waals surface area contributed by atoms with Gasteiger partial charge in [-0.3, -0.25) is 9.78 Å². The van der Waals surface area contributed by atoms with Crippen molar-refractivity contribution in [1.29, 1.82) is 0 Å². The summed E-state index contributed by atoms with van der Waals surface area (Å²) in [6, 6.07) is 4.04. The lowest BCUT2D eigenvalue weighted by atomic mass is 10.1. The lowest BCUT2D eigenvalue weighted by Gasteiger charge is -2.24. The number of thioether (sulfide) groups is 1. The van der Waals surface area contributed by atoms with Crippen LogP contribution >= 0.6 is 11.8 Å². The van der Waals surface area contributed by atoms with Crippen LogP contribution in [0, 0.1) is 0 Å². The summed E-state index contributed by atoms with van der Waals surface area (Å²) in [5.74, 6) is 1.35. The van der Waals surface area contributed by atoms with E-state index in [9.17, 15) is 4.79 Å². The summed E-state index contributed by atoms with van der Waals surface area (Å²) in [7, 11) is 0. The van der Waals surface area contributed by atoms with Crippen LogP contribution in [0.2, 0.25) is 0 Å². The number of aromatic nitrogens is 1. The molecule has 0 N–H and O–H groups in total. The average Bonchev–Trinajstić information content (AvgIpc) is 2.97. The Morgan fingerprint density at radius 3 is 2.80 bits per heavy atom. The molecule has 1 aromatic rings. The van der Waals surface area contributed by atoms with Crippen molar-refractivity contribution < 1.29 is 4.79 Å². The van der Waals surface area contributed by atoms with Crippen LogP contribution < -0.4 is 0 Å². The van der Waals surface area contributed by atoms with Gasteiger partial charge in [-0.2, -0.15) is 0 Å². The Bertz CT molecular complexity index is 410. The van der Waals surface area contributed by atoms with Crippen LogP contribution in [0.3, 0.4) is 0 Å². The summed E-state index contributed by atoms with van der Waals surface area (Å²) in [6.45, 7) is 3.09. The number of amides is 1. The maximum Gasteiger partial charge on any atom is 0.223 e. The van der Waals surface area contributed by atoms with E-state index in [0.717, 1.165) is 18.7 Å². The summed E-state index contributed by atoms with van der Waals surface area (Å²) in [5.41, 5.74) is 1.20. The fourth-order valence-electron chi connectivity index (χ4n) is 2.55. The molecule has 2 rings (SSSR count). The fourth-order valence-corrected chi connectivity index (χ4v) is 3.83. The minimum absolute atomic E-state index is 0.196. The van der Waals surface area contributed by atoms with Crippen molar-refractivity contribution >= 4 is 17.7 Å². The minimum atomic E-state index is 0.196. The van der Waals surface area contributed by atoms with Gasteiger partial charge in [0.15, 0.2) is 0 Å². The largest absolute Gasteiger partial charge is 0.326 e. The molecule has 0 saturated carbocycles. The van der Waals surface area contributed by atoms with E-state index < -0.39 is 0 Å². The van der Waals surface area contributed by atoms with E-state index in [2.05, 4.69) is 11.9 Å². The van der Waals surface area contributed by atoms with Gasteiger partial charge in [0, 0.05) is 31.1 Å². The molecule has 0 aromatic carbocycles. The third kappa shape index (κ3) is 4.23. The molecule has 20 heavy (non-hydrogen) atoms. The third-order valence-corrected chi connectivity index (χ3v) is 4.96. The quantitative estimate of drug-likeness (QED) is 0.712. The van der Waals surface area contributed by atoms with Gasteiger partial charge >= 0.3 is 0 Å². The van der Waals surface area contributed by atoms with E-state index in [4.69, 9.17) is 0 Å². The van der Waals surface area contributed by atoms with Gasteiger partial charge in [0.1, 0.15) is 5.37 Å². The van der Waals surface area contributed by atoms with Crippen molar-refractivity contribution in [2.75, 3.05) is 12.3 Å². The highest BCUT2D eigenvalue weighted by molar-refractivity contribution is 7.99. The van der Waals surface area contributed by atoms with Gasteiger partial charge < -0.3 is 4.90 Å². The molecule has 3 nitrogen and oxygen atoms in total. The zero-order chi connectivity index (χ0) is 14.2. The standard InChI is InChI=1S/C16H24N2OS/c1-2-3-4-5-6-7-15(19)18-12-13-20-16(18)14-8-10-17-11-9-14/h8-11,16H,2-7,12-13H2,1H3. The number of rotatable bonds is 7. The zero-order valence-electron chi connectivity index (χ0n) is 12.3. The van der Waals surface area contributed by atoms with Crippen LogP contribution in [0.4, 0.5) is 0 Å². The Balaban J connectivity index is 1.83. The molecule has 1 saturated heterocycles. The molecule has 0 bridgehead atoms. The van der Waals surface area contributed by atoms with Crippen LogP contribution in [0.25, 0.3) is 0 Å². The third-order valence-electron chi connectivity index (χ3n) is 3.70. The maximum absolute atomic E-state index is 12.4. The van der Waals surface area contributed by atoms with Crippen molar-refractivity contribution in [3.05, 3.63) is 30.1 Å². The van der Waals surface area contributed by atoms with Gasteiger partial charge in [-0.25, -0.2) is 0 Å². The lowest BCUT2D eigenvalue weighted by molar-refractivity contribution is -0.131. The molecular weight excluding hydrogens is 268 g/mol. The van der Waals surface area contributed by atoms with E-state index in [1.165, 1.54) is 31.2 Å². The van der Waals surface area contributed by atoms with Crippen LogP contribution in [-0.4, -0.2) is 28.1 Å². The Hall–Kier alpha value is -1.03. The predicted molar refractivity (Wildman–Crippen MR) is 84.5 cm³/mol. The van der Waals surface area contributed by atoms with Crippen molar-refractivity contribution in [2.24, 2.45) is 0 Å². The van der Waals surface area contributed by atoms with Gasteiger partial charge in [-0.1, -0.05) is 32.6 Å². The first kappa shape index (κ1) is 15.4. The van der Waals surface area contributed by atoms with E-state index in [-0.39, 0.29) is 5.37 Å². The second kappa shape index (κ2) is 8.30. The van der Waals surface area contributed by atoms with Gasteiger partial charge in [0.2, 0.25) is 5.91 Å². The van der Waals surface area contributed by atoms with Crippen LogP contribution in [0.1, 0.15) is 56.4 Å². The second-order valence-corrected chi connectivity index (χ2v) is 6.44. The van der Waals surface area contributed by atoms with Gasteiger partial charge in [0.25, 0.3) is 0 Å². The molecule has 1 aliphatic rings. The number of nitrogens with zero attached hydrogens (tertiary/aromatic N) is 2. The molecular formula is C16H24N2OS. The van der Waals surface area contributed by atoms with Crippen LogP contribution in [0.15, 0.2) is 24.5 Å². The van der Waals surface area contributed by atoms with E-state index in [1.54, 1.807) is 0 Å². The first-order chi connectivity index (χ1) is 9.83. The number of pyridine rings is 1.